The predicted octanol–water partition coefficient (Wildman–Crippen LogP) is 3.62. The summed E-state index contributed by atoms with van der Waals surface area (Å²) in [4.78, 5) is 14.8. The maximum absolute atomic E-state index is 5.90. The Bertz CT molecular complexity index is 1130. The highest BCUT2D eigenvalue weighted by Gasteiger charge is 2.21. The average molecular weight is 419 g/mol. The quantitative estimate of drug-likeness (QED) is 0.474. The third-order valence-electron chi connectivity index (χ3n) is 4.38. The fourth-order valence-corrected chi connectivity index (χ4v) is 3.83. The maximum atomic E-state index is 5.90. The molecule has 0 saturated heterocycles. The summed E-state index contributed by atoms with van der Waals surface area (Å²) in [5, 5.41) is 9.60. The number of benzene rings is 2. The van der Waals surface area contributed by atoms with E-state index in [0.717, 1.165) is 22.2 Å². The van der Waals surface area contributed by atoms with Crippen LogP contribution in [0.2, 0.25) is 0 Å². The molecule has 30 heavy (non-hydrogen) atoms. The van der Waals surface area contributed by atoms with Crippen LogP contribution < -0.4 is 10.6 Å². The molecule has 4 aromatic rings. The monoisotopic (exact) mass is 418 g/mol. The zero-order chi connectivity index (χ0) is 21.1. The third-order valence-corrected chi connectivity index (χ3v) is 5.42. The first kappa shape index (κ1) is 19.8. The third kappa shape index (κ3) is 4.11. The summed E-state index contributed by atoms with van der Waals surface area (Å²) in [5.41, 5.74) is 7.88. The molecule has 0 aliphatic heterocycles. The highest BCUT2D eigenvalue weighted by molar-refractivity contribution is 7.99. The lowest BCUT2D eigenvalue weighted by Gasteiger charge is -2.15. The molecule has 152 valence electrons. The Morgan fingerprint density at radius 1 is 0.900 bits per heavy atom. The van der Waals surface area contributed by atoms with Gasteiger partial charge in [0, 0.05) is 25.3 Å². The number of thioether (sulfide) groups is 1. The normalized spacial score (nSPS) is 12.0. The summed E-state index contributed by atoms with van der Waals surface area (Å²) >= 11 is 1.53. The van der Waals surface area contributed by atoms with Crippen LogP contribution in [0.5, 0.6) is 0 Å². The van der Waals surface area contributed by atoms with E-state index in [2.05, 4.69) is 25.1 Å². The number of anilines is 2. The van der Waals surface area contributed by atoms with Crippen molar-refractivity contribution in [1.29, 1.82) is 0 Å². The molecule has 0 fully saturated rings. The minimum absolute atomic E-state index is 0.107. The van der Waals surface area contributed by atoms with Gasteiger partial charge >= 0.3 is 0 Å². The first-order valence-electron chi connectivity index (χ1n) is 9.44. The lowest BCUT2D eigenvalue weighted by molar-refractivity contribution is 0.843. The van der Waals surface area contributed by atoms with Gasteiger partial charge in [0.1, 0.15) is 5.82 Å². The predicted molar refractivity (Wildman–Crippen MR) is 120 cm³/mol. The largest absolute Gasteiger partial charge is 0.368 e. The summed E-state index contributed by atoms with van der Waals surface area (Å²) in [6.45, 7) is 2.02. The van der Waals surface area contributed by atoms with E-state index in [9.17, 15) is 0 Å². The van der Waals surface area contributed by atoms with Crippen LogP contribution in [0.15, 0.2) is 65.8 Å². The van der Waals surface area contributed by atoms with Gasteiger partial charge in [-0.15, -0.1) is 10.2 Å². The average Bonchev–Trinajstić information content (AvgIpc) is 3.18. The fourth-order valence-electron chi connectivity index (χ4n) is 2.92. The molecule has 2 heterocycles. The first-order valence-corrected chi connectivity index (χ1v) is 10.3. The molecule has 2 aromatic carbocycles. The van der Waals surface area contributed by atoms with E-state index >= 15 is 0 Å². The number of para-hydroxylation sites is 1. The molecule has 8 nitrogen and oxygen atoms in total. The first-order chi connectivity index (χ1) is 14.5. The van der Waals surface area contributed by atoms with Crippen LogP contribution in [-0.2, 0) is 0 Å². The molecule has 0 radical (unpaired) electrons. The SMILES string of the molecule is CC(Sc1nnc(-c2ccccc2)n1-c1ccccc1)c1nc(N)nc(N(C)C)n1. The number of nitrogens with two attached hydrogens (primary N) is 1. The summed E-state index contributed by atoms with van der Waals surface area (Å²) in [6.07, 6.45) is 0. The van der Waals surface area contributed by atoms with Crippen molar-refractivity contribution in [3.8, 4) is 17.1 Å². The van der Waals surface area contributed by atoms with Gasteiger partial charge in [0.25, 0.3) is 0 Å². The minimum atomic E-state index is -0.107. The van der Waals surface area contributed by atoms with Crippen molar-refractivity contribution in [3.05, 3.63) is 66.5 Å². The highest BCUT2D eigenvalue weighted by atomic mass is 32.2. The Kier molecular flexibility index (Phi) is 5.62. The van der Waals surface area contributed by atoms with Crippen LogP contribution in [0.4, 0.5) is 11.9 Å². The topological polar surface area (TPSA) is 98.6 Å². The Morgan fingerprint density at radius 3 is 2.23 bits per heavy atom. The Balaban J connectivity index is 1.74. The molecule has 0 saturated carbocycles. The molecule has 4 rings (SSSR count). The molecule has 0 amide bonds. The van der Waals surface area contributed by atoms with Crippen molar-refractivity contribution in [2.24, 2.45) is 0 Å². The molecule has 0 bridgehead atoms. The standard InChI is InChI=1S/C21H22N8S/c1-14(17-23-19(22)25-20(24-17)28(2)3)30-21-27-26-18(15-10-6-4-7-11-15)29(21)16-12-8-5-9-13-16/h4-14H,1-3H3,(H2,22,23,24,25). The van der Waals surface area contributed by atoms with Crippen molar-refractivity contribution in [1.82, 2.24) is 29.7 Å². The van der Waals surface area contributed by atoms with Gasteiger partial charge in [0.2, 0.25) is 11.9 Å². The van der Waals surface area contributed by atoms with E-state index in [1.807, 2.05) is 86.2 Å². The molecular weight excluding hydrogens is 396 g/mol. The van der Waals surface area contributed by atoms with Crippen LogP contribution in [0, 0.1) is 0 Å². The van der Waals surface area contributed by atoms with Gasteiger partial charge in [0.05, 0.1) is 5.25 Å². The molecule has 1 atom stereocenters. The second kappa shape index (κ2) is 8.50. The molecule has 2 aromatic heterocycles. The molecule has 0 spiro atoms. The van der Waals surface area contributed by atoms with Gasteiger partial charge in [0.15, 0.2) is 11.0 Å². The van der Waals surface area contributed by atoms with E-state index < -0.39 is 0 Å². The molecular formula is C21H22N8S. The van der Waals surface area contributed by atoms with E-state index in [0.29, 0.717) is 11.8 Å². The van der Waals surface area contributed by atoms with Gasteiger partial charge in [-0.3, -0.25) is 4.57 Å². The van der Waals surface area contributed by atoms with Gasteiger partial charge in [-0.2, -0.15) is 15.0 Å². The second-order valence-corrected chi connectivity index (χ2v) is 8.16. The number of hydrogen-bond donors (Lipinski definition) is 1. The maximum Gasteiger partial charge on any atom is 0.229 e. The summed E-state index contributed by atoms with van der Waals surface area (Å²) in [5.74, 6) is 2.10. The van der Waals surface area contributed by atoms with Crippen molar-refractivity contribution >= 4 is 23.7 Å². The molecule has 2 N–H and O–H groups in total. The van der Waals surface area contributed by atoms with Crippen LogP contribution in [0.25, 0.3) is 17.1 Å². The van der Waals surface area contributed by atoms with Gasteiger partial charge in [-0.25, -0.2) is 0 Å². The highest BCUT2D eigenvalue weighted by Crippen LogP contribution is 2.36. The fraction of sp³-hybridized carbons (Fsp3) is 0.190. The number of nitrogen functional groups attached to an aromatic ring is 1. The van der Waals surface area contributed by atoms with Crippen LogP contribution in [0.3, 0.4) is 0 Å². The Morgan fingerprint density at radius 2 is 1.57 bits per heavy atom. The Hall–Kier alpha value is -3.46. The summed E-state index contributed by atoms with van der Waals surface area (Å²) < 4.78 is 2.05. The zero-order valence-corrected chi connectivity index (χ0v) is 17.8. The van der Waals surface area contributed by atoms with Gasteiger partial charge < -0.3 is 10.6 Å². The number of hydrogen-bond acceptors (Lipinski definition) is 8. The lowest BCUT2D eigenvalue weighted by atomic mass is 10.2. The van der Waals surface area contributed by atoms with Crippen LogP contribution >= 0.6 is 11.8 Å². The van der Waals surface area contributed by atoms with Gasteiger partial charge in [-0.05, 0) is 19.1 Å². The van der Waals surface area contributed by atoms with E-state index in [1.54, 1.807) is 4.90 Å². The van der Waals surface area contributed by atoms with E-state index in [-0.39, 0.29) is 11.2 Å². The van der Waals surface area contributed by atoms with Crippen molar-refractivity contribution in [3.63, 3.8) is 0 Å². The zero-order valence-electron chi connectivity index (χ0n) is 17.0. The second-order valence-electron chi connectivity index (χ2n) is 6.85. The van der Waals surface area contributed by atoms with Crippen molar-refractivity contribution < 1.29 is 0 Å². The molecule has 0 aliphatic carbocycles. The Labute approximate surface area is 179 Å². The van der Waals surface area contributed by atoms with E-state index in [4.69, 9.17) is 5.73 Å². The van der Waals surface area contributed by atoms with Gasteiger partial charge in [-0.1, -0.05) is 60.3 Å². The van der Waals surface area contributed by atoms with Crippen molar-refractivity contribution in [2.75, 3.05) is 24.7 Å². The number of nitrogens with zero attached hydrogens (tertiary/aromatic N) is 7. The number of aromatic nitrogens is 6. The lowest BCUT2D eigenvalue weighted by Crippen LogP contribution is -2.16. The van der Waals surface area contributed by atoms with Crippen LogP contribution in [0.1, 0.15) is 18.0 Å². The molecule has 0 aliphatic rings. The smallest absolute Gasteiger partial charge is 0.229 e. The molecule has 9 heteroatoms. The van der Waals surface area contributed by atoms with Crippen molar-refractivity contribution in [2.45, 2.75) is 17.3 Å². The molecule has 1 unspecified atom stereocenters. The summed E-state index contributed by atoms with van der Waals surface area (Å²) in [7, 11) is 3.74. The van der Waals surface area contributed by atoms with E-state index in [1.165, 1.54) is 11.8 Å². The van der Waals surface area contributed by atoms with Crippen LogP contribution in [-0.4, -0.2) is 43.8 Å². The summed E-state index contributed by atoms with van der Waals surface area (Å²) in [6, 6.07) is 20.1. The number of rotatable bonds is 6. The minimum Gasteiger partial charge on any atom is -0.368 e.